The lowest BCUT2D eigenvalue weighted by molar-refractivity contribution is 0.108. The molecule has 0 aromatic carbocycles. The first-order valence-electron chi connectivity index (χ1n) is 7.75. The number of piperidine rings is 1. The predicted octanol–water partition coefficient (Wildman–Crippen LogP) is 1.36. The molecule has 0 saturated carbocycles. The van der Waals surface area contributed by atoms with Crippen LogP contribution in [0.1, 0.15) is 39.5 Å². The van der Waals surface area contributed by atoms with Crippen molar-refractivity contribution in [1.29, 1.82) is 0 Å². The van der Waals surface area contributed by atoms with Crippen molar-refractivity contribution in [3.63, 3.8) is 0 Å². The molecule has 0 bridgehead atoms. The second-order valence-corrected chi connectivity index (χ2v) is 7.94. The lowest BCUT2D eigenvalue weighted by atomic mass is 9.96. The Kier molecular flexibility index (Phi) is 8.68. The van der Waals surface area contributed by atoms with Gasteiger partial charge in [-0.3, -0.25) is 0 Å². The average molecular weight is 306 g/mol. The fourth-order valence-corrected chi connectivity index (χ4v) is 3.53. The third kappa shape index (κ3) is 8.89. The van der Waals surface area contributed by atoms with Crippen molar-refractivity contribution in [2.45, 2.75) is 39.5 Å². The molecule has 0 radical (unpaired) electrons. The van der Waals surface area contributed by atoms with E-state index in [1.807, 2.05) is 0 Å². The van der Waals surface area contributed by atoms with Crippen LogP contribution >= 0.6 is 0 Å². The molecule has 0 aliphatic carbocycles. The summed E-state index contributed by atoms with van der Waals surface area (Å²) in [7, 11) is -3.11. The molecule has 0 unspecified atom stereocenters. The van der Waals surface area contributed by atoms with E-state index in [0.717, 1.165) is 45.4 Å². The standard InChI is InChI=1S/C14H30N2O3S/c1-13(2)12-19-10-3-7-16-20(17,18)11-6-14-4-8-15-9-5-14/h13-16H,3-12H2,1-2H3. The Bertz CT molecular complexity index is 338. The first-order chi connectivity index (χ1) is 9.49. The quantitative estimate of drug-likeness (QED) is 0.598. The van der Waals surface area contributed by atoms with Gasteiger partial charge in [0.25, 0.3) is 0 Å². The third-order valence-electron chi connectivity index (χ3n) is 3.49. The zero-order valence-electron chi connectivity index (χ0n) is 12.9. The minimum Gasteiger partial charge on any atom is -0.381 e. The van der Waals surface area contributed by atoms with Crippen molar-refractivity contribution in [3.05, 3.63) is 0 Å². The number of ether oxygens (including phenoxy) is 1. The van der Waals surface area contributed by atoms with E-state index in [1.165, 1.54) is 0 Å². The van der Waals surface area contributed by atoms with Crippen LogP contribution < -0.4 is 10.0 Å². The largest absolute Gasteiger partial charge is 0.381 e. The molecular formula is C14H30N2O3S. The van der Waals surface area contributed by atoms with Gasteiger partial charge in [0.2, 0.25) is 10.0 Å². The summed E-state index contributed by atoms with van der Waals surface area (Å²) in [5.74, 6) is 1.34. The first kappa shape index (κ1) is 17.9. The molecule has 20 heavy (non-hydrogen) atoms. The van der Waals surface area contributed by atoms with Crippen LogP contribution in [-0.4, -0.2) is 47.0 Å². The zero-order valence-corrected chi connectivity index (χ0v) is 13.7. The lowest BCUT2D eigenvalue weighted by Gasteiger charge is -2.22. The number of sulfonamides is 1. The van der Waals surface area contributed by atoms with E-state index >= 15 is 0 Å². The van der Waals surface area contributed by atoms with Gasteiger partial charge in [-0.1, -0.05) is 13.8 Å². The van der Waals surface area contributed by atoms with Crippen LogP contribution in [0.4, 0.5) is 0 Å². The van der Waals surface area contributed by atoms with Crippen molar-refractivity contribution in [2.75, 3.05) is 38.6 Å². The number of hydrogen-bond acceptors (Lipinski definition) is 4. The highest BCUT2D eigenvalue weighted by molar-refractivity contribution is 7.89. The summed E-state index contributed by atoms with van der Waals surface area (Å²) in [6.45, 7) is 8.08. The number of rotatable bonds is 10. The van der Waals surface area contributed by atoms with Crippen LogP contribution in [0.3, 0.4) is 0 Å². The average Bonchev–Trinajstić information content (AvgIpc) is 2.41. The number of nitrogens with one attached hydrogen (secondary N) is 2. The molecule has 120 valence electrons. The van der Waals surface area contributed by atoms with Crippen LogP contribution in [0, 0.1) is 11.8 Å². The second-order valence-electron chi connectivity index (χ2n) is 6.02. The van der Waals surface area contributed by atoms with Gasteiger partial charge >= 0.3 is 0 Å². The molecule has 6 heteroatoms. The van der Waals surface area contributed by atoms with Gasteiger partial charge in [0, 0.05) is 19.8 Å². The molecule has 0 amide bonds. The van der Waals surface area contributed by atoms with E-state index in [-0.39, 0.29) is 5.75 Å². The van der Waals surface area contributed by atoms with Crippen LogP contribution in [0.5, 0.6) is 0 Å². The summed E-state index contributed by atoms with van der Waals surface area (Å²) in [4.78, 5) is 0. The monoisotopic (exact) mass is 306 g/mol. The maximum atomic E-state index is 11.8. The minimum atomic E-state index is -3.11. The fraction of sp³-hybridized carbons (Fsp3) is 1.00. The zero-order chi connectivity index (χ0) is 14.8. The molecule has 1 rings (SSSR count). The molecule has 5 nitrogen and oxygen atoms in total. The maximum absolute atomic E-state index is 11.8. The predicted molar refractivity (Wildman–Crippen MR) is 82.3 cm³/mol. The molecule has 2 N–H and O–H groups in total. The van der Waals surface area contributed by atoms with Crippen molar-refractivity contribution >= 4 is 10.0 Å². The van der Waals surface area contributed by atoms with Gasteiger partial charge in [-0.25, -0.2) is 13.1 Å². The molecule has 1 fully saturated rings. The Morgan fingerprint density at radius 3 is 2.65 bits per heavy atom. The van der Waals surface area contributed by atoms with Crippen molar-refractivity contribution < 1.29 is 13.2 Å². The van der Waals surface area contributed by atoms with E-state index in [4.69, 9.17) is 4.74 Å². The highest BCUT2D eigenvalue weighted by Crippen LogP contribution is 2.16. The van der Waals surface area contributed by atoms with Crippen LogP contribution in [-0.2, 0) is 14.8 Å². The van der Waals surface area contributed by atoms with Gasteiger partial charge < -0.3 is 10.1 Å². The van der Waals surface area contributed by atoms with Gasteiger partial charge in [0.15, 0.2) is 0 Å². The topological polar surface area (TPSA) is 67.4 Å². The van der Waals surface area contributed by atoms with Crippen molar-refractivity contribution in [3.8, 4) is 0 Å². The smallest absolute Gasteiger partial charge is 0.211 e. The summed E-state index contributed by atoms with van der Waals surface area (Å²) >= 11 is 0. The molecule has 0 atom stereocenters. The van der Waals surface area contributed by atoms with E-state index in [1.54, 1.807) is 0 Å². The molecule has 0 aromatic heterocycles. The van der Waals surface area contributed by atoms with Gasteiger partial charge in [0.05, 0.1) is 5.75 Å². The summed E-state index contributed by atoms with van der Waals surface area (Å²) in [5, 5.41) is 3.29. The minimum absolute atomic E-state index is 0.254. The van der Waals surface area contributed by atoms with Gasteiger partial charge in [-0.15, -0.1) is 0 Å². The van der Waals surface area contributed by atoms with Gasteiger partial charge in [-0.2, -0.15) is 0 Å². The van der Waals surface area contributed by atoms with E-state index < -0.39 is 10.0 Å². The normalized spacial score (nSPS) is 17.8. The fourth-order valence-electron chi connectivity index (χ4n) is 2.29. The molecule has 1 aliphatic rings. The second kappa shape index (κ2) is 9.71. The highest BCUT2D eigenvalue weighted by atomic mass is 32.2. The Morgan fingerprint density at radius 2 is 2.00 bits per heavy atom. The molecular weight excluding hydrogens is 276 g/mol. The molecule has 1 saturated heterocycles. The van der Waals surface area contributed by atoms with E-state index in [0.29, 0.717) is 25.0 Å². The highest BCUT2D eigenvalue weighted by Gasteiger charge is 2.17. The summed E-state index contributed by atoms with van der Waals surface area (Å²) in [6.07, 6.45) is 3.71. The molecule has 0 spiro atoms. The van der Waals surface area contributed by atoms with Crippen molar-refractivity contribution in [1.82, 2.24) is 10.0 Å². The van der Waals surface area contributed by atoms with Gasteiger partial charge in [-0.05, 0) is 50.6 Å². The van der Waals surface area contributed by atoms with E-state index in [9.17, 15) is 8.42 Å². The SMILES string of the molecule is CC(C)COCCCNS(=O)(=O)CCC1CCNCC1. The number of hydrogen-bond donors (Lipinski definition) is 2. The van der Waals surface area contributed by atoms with Crippen LogP contribution in [0.2, 0.25) is 0 Å². The summed E-state index contributed by atoms with van der Waals surface area (Å²) < 4.78 is 31.8. The Hall–Kier alpha value is -0.170. The Morgan fingerprint density at radius 1 is 1.30 bits per heavy atom. The first-order valence-corrected chi connectivity index (χ1v) is 9.40. The maximum Gasteiger partial charge on any atom is 0.211 e. The Labute approximate surface area is 123 Å². The Balaban J connectivity index is 2.05. The molecule has 1 aliphatic heterocycles. The van der Waals surface area contributed by atoms with Gasteiger partial charge in [0.1, 0.15) is 0 Å². The summed E-state index contributed by atoms with van der Waals surface area (Å²) in [6, 6.07) is 0. The van der Waals surface area contributed by atoms with Crippen molar-refractivity contribution in [2.24, 2.45) is 11.8 Å². The van der Waals surface area contributed by atoms with Crippen LogP contribution in [0.15, 0.2) is 0 Å². The lowest BCUT2D eigenvalue weighted by Crippen LogP contribution is -2.32. The van der Waals surface area contributed by atoms with Crippen LogP contribution in [0.25, 0.3) is 0 Å². The molecule has 1 heterocycles. The van der Waals surface area contributed by atoms with E-state index in [2.05, 4.69) is 23.9 Å². The third-order valence-corrected chi connectivity index (χ3v) is 4.91. The molecule has 0 aromatic rings. The summed E-state index contributed by atoms with van der Waals surface area (Å²) in [5.41, 5.74) is 0.